The molecule has 3 aliphatic rings. The summed E-state index contributed by atoms with van der Waals surface area (Å²) in [4.78, 5) is 5.49. The van der Waals surface area contributed by atoms with Crippen LogP contribution in [-0.4, -0.2) is 61.2 Å². The molecule has 3 rings (SSSR count). The van der Waals surface area contributed by atoms with E-state index in [9.17, 15) is 0 Å². The zero-order chi connectivity index (χ0) is 10.8. The third-order valence-corrected chi connectivity index (χ3v) is 4.68. The normalized spacial score (nSPS) is 38.2. The van der Waals surface area contributed by atoms with Gasteiger partial charge in [0.1, 0.15) is 0 Å². The van der Waals surface area contributed by atoms with E-state index in [0.717, 1.165) is 12.1 Å². The summed E-state index contributed by atoms with van der Waals surface area (Å²) in [6, 6.07) is 1.81. The molecule has 3 heteroatoms. The van der Waals surface area contributed by atoms with Crippen LogP contribution in [0.5, 0.6) is 0 Å². The fraction of sp³-hybridized carbons (Fsp3) is 1.00. The fourth-order valence-electron chi connectivity index (χ4n) is 3.77. The first kappa shape index (κ1) is 11.0. The molecule has 3 saturated heterocycles. The van der Waals surface area contributed by atoms with E-state index in [-0.39, 0.29) is 0 Å². The number of nitrogens with one attached hydrogen (secondary N) is 1. The molecular formula is C13H25N3. The van der Waals surface area contributed by atoms with Crippen molar-refractivity contribution in [1.82, 2.24) is 15.1 Å². The fourth-order valence-corrected chi connectivity index (χ4v) is 3.77. The molecule has 3 aliphatic heterocycles. The van der Waals surface area contributed by atoms with Crippen molar-refractivity contribution < 1.29 is 0 Å². The molecular weight excluding hydrogens is 198 g/mol. The Bertz CT molecular complexity index is 223. The van der Waals surface area contributed by atoms with Gasteiger partial charge < -0.3 is 10.2 Å². The lowest BCUT2D eigenvalue weighted by molar-refractivity contribution is 0.0918. The topological polar surface area (TPSA) is 18.5 Å². The van der Waals surface area contributed by atoms with Crippen molar-refractivity contribution in [3.05, 3.63) is 0 Å². The smallest absolute Gasteiger partial charge is 0.0123 e. The lowest BCUT2D eigenvalue weighted by Gasteiger charge is -2.40. The number of hydrogen-bond donors (Lipinski definition) is 1. The number of piperidine rings is 1. The zero-order valence-electron chi connectivity index (χ0n) is 10.3. The largest absolute Gasteiger partial charge is 0.315 e. The average molecular weight is 223 g/mol. The van der Waals surface area contributed by atoms with Gasteiger partial charge in [-0.15, -0.1) is 0 Å². The van der Waals surface area contributed by atoms with Crippen LogP contribution >= 0.6 is 0 Å². The minimum atomic E-state index is 0.888. The Hall–Kier alpha value is -0.120. The highest BCUT2D eigenvalue weighted by Gasteiger charge is 2.33. The van der Waals surface area contributed by atoms with E-state index in [1.165, 1.54) is 71.4 Å². The molecule has 16 heavy (non-hydrogen) atoms. The van der Waals surface area contributed by atoms with Crippen molar-refractivity contribution in [2.45, 2.75) is 44.2 Å². The SMILES string of the molecule is C1CNCCN(C2CCN3CCCC3C2)C1. The molecule has 0 bridgehead atoms. The summed E-state index contributed by atoms with van der Waals surface area (Å²) in [5, 5.41) is 3.51. The predicted molar refractivity (Wildman–Crippen MR) is 66.7 cm³/mol. The van der Waals surface area contributed by atoms with Crippen LogP contribution in [0.4, 0.5) is 0 Å². The van der Waals surface area contributed by atoms with E-state index < -0.39 is 0 Å². The summed E-state index contributed by atoms with van der Waals surface area (Å²) >= 11 is 0. The van der Waals surface area contributed by atoms with Gasteiger partial charge in [-0.1, -0.05) is 0 Å². The summed E-state index contributed by atoms with van der Waals surface area (Å²) in [5.41, 5.74) is 0. The van der Waals surface area contributed by atoms with Crippen LogP contribution in [0.25, 0.3) is 0 Å². The van der Waals surface area contributed by atoms with Gasteiger partial charge in [-0.2, -0.15) is 0 Å². The van der Waals surface area contributed by atoms with Gasteiger partial charge in [0, 0.05) is 25.2 Å². The highest BCUT2D eigenvalue weighted by atomic mass is 15.2. The average Bonchev–Trinajstić information content (AvgIpc) is 2.61. The molecule has 0 amide bonds. The molecule has 0 spiro atoms. The van der Waals surface area contributed by atoms with Crippen LogP contribution in [0.15, 0.2) is 0 Å². The van der Waals surface area contributed by atoms with Gasteiger partial charge in [-0.05, 0) is 58.3 Å². The maximum Gasteiger partial charge on any atom is 0.0123 e. The van der Waals surface area contributed by atoms with Gasteiger partial charge in [0.25, 0.3) is 0 Å². The van der Waals surface area contributed by atoms with Gasteiger partial charge in [0.05, 0.1) is 0 Å². The first-order valence-corrected chi connectivity index (χ1v) is 7.12. The van der Waals surface area contributed by atoms with Crippen LogP contribution in [0.3, 0.4) is 0 Å². The van der Waals surface area contributed by atoms with Crippen molar-refractivity contribution >= 4 is 0 Å². The number of nitrogens with zero attached hydrogens (tertiary/aromatic N) is 2. The maximum absolute atomic E-state index is 3.51. The highest BCUT2D eigenvalue weighted by Crippen LogP contribution is 2.29. The Morgan fingerprint density at radius 1 is 0.750 bits per heavy atom. The molecule has 0 saturated carbocycles. The molecule has 0 aromatic rings. The third-order valence-electron chi connectivity index (χ3n) is 4.68. The van der Waals surface area contributed by atoms with Crippen LogP contribution in [-0.2, 0) is 0 Å². The van der Waals surface area contributed by atoms with Gasteiger partial charge >= 0.3 is 0 Å². The van der Waals surface area contributed by atoms with E-state index in [0.29, 0.717) is 0 Å². The Balaban J connectivity index is 1.57. The summed E-state index contributed by atoms with van der Waals surface area (Å²) in [6.45, 7) is 7.75. The lowest BCUT2D eigenvalue weighted by atomic mass is 9.96. The van der Waals surface area contributed by atoms with Crippen LogP contribution in [0.2, 0.25) is 0 Å². The molecule has 0 aromatic heterocycles. The van der Waals surface area contributed by atoms with Crippen LogP contribution in [0.1, 0.15) is 32.1 Å². The molecule has 2 atom stereocenters. The molecule has 0 aliphatic carbocycles. The molecule has 0 aromatic carbocycles. The first-order chi connectivity index (χ1) is 7.93. The molecule has 1 N–H and O–H groups in total. The Morgan fingerprint density at radius 2 is 1.56 bits per heavy atom. The second-order valence-electron chi connectivity index (χ2n) is 5.65. The van der Waals surface area contributed by atoms with Gasteiger partial charge in [-0.25, -0.2) is 0 Å². The van der Waals surface area contributed by atoms with Crippen molar-refractivity contribution in [3.8, 4) is 0 Å². The Morgan fingerprint density at radius 3 is 2.56 bits per heavy atom. The number of fused-ring (bicyclic) bond motifs is 1. The van der Waals surface area contributed by atoms with Gasteiger partial charge in [0.2, 0.25) is 0 Å². The van der Waals surface area contributed by atoms with E-state index in [1.54, 1.807) is 0 Å². The third kappa shape index (κ3) is 2.27. The van der Waals surface area contributed by atoms with Gasteiger partial charge in [0.15, 0.2) is 0 Å². The van der Waals surface area contributed by atoms with E-state index in [1.807, 2.05) is 0 Å². The first-order valence-electron chi connectivity index (χ1n) is 7.12. The zero-order valence-corrected chi connectivity index (χ0v) is 10.3. The van der Waals surface area contributed by atoms with Crippen molar-refractivity contribution in [3.63, 3.8) is 0 Å². The van der Waals surface area contributed by atoms with Gasteiger partial charge in [-0.3, -0.25) is 4.90 Å². The summed E-state index contributed by atoms with van der Waals surface area (Å²) < 4.78 is 0. The maximum atomic E-state index is 3.51. The standard InChI is InChI=1S/C13H25N3/c1-3-12-11-13(4-9-15(12)7-1)16-8-2-5-14-6-10-16/h12-14H,1-11H2. The Labute approximate surface area is 99.2 Å². The molecule has 3 heterocycles. The molecule has 2 unspecified atom stereocenters. The monoisotopic (exact) mass is 223 g/mol. The van der Waals surface area contributed by atoms with Crippen molar-refractivity contribution in [1.29, 1.82) is 0 Å². The van der Waals surface area contributed by atoms with Crippen LogP contribution < -0.4 is 5.32 Å². The molecule has 92 valence electrons. The molecule has 0 radical (unpaired) electrons. The van der Waals surface area contributed by atoms with Crippen molar-refractivity contribution in [2.24, 2.45) is 0 Å². The van der Waals surface area contributed by atoms with E-state index in [2.05, 4.69) is 15.1 Å². The minimum Gasteiger partial charge on any atom is -0.315 e. The number of rotatable bonds is 1. The quantitative estimate of drug-likeness (QED) is 0.713. The summed E-state index contributed by atoms with van der Waals surface area (Å²) in [6.07, 6.45) is 7.10. The highest BCUT2D eigenvalue weighted by molar-refractivity contribution is 4.90. The molecule has 3 fully saturated rings. The van der Waals surface area contributed by atoms with E-state index >= 15 is 0 Å². The summed E-state index contributed by atoms with van der Waals surface area (Å²) in [7, 11) is 0. The second kappa shape index (κ2) is 5.03. The number of hydrogen-bond acceptors (Lipinski definition) is 3. The van der Waals surface area contributed by atoms with Crippen molar-refractivity contribution in [2.75, 3.05) is 39.3 Å². The Kier molecular flexibility index (Phi) is 3.46. The minimum absolute atomic E-state index is 0.888. The summed E-state index contributed by atoms with van der Waals surface area (Å²) in [5.74, 6) is 0. The predicted octanol–water partition coefficient (Wildman–Crippen LogP) is 0.909. The van der Waals surface area contributed by atoms with E-state index in [4.69, 9.17) is 0 Å². The second-order valence-corrected chi connectivity index (χ2v) is 5.65. The van der Waals surface area contributed by atoms with Crippen LogP contribution in [0, 0.1) is 0 Å². The molecule has 3 nitrogen and oxygen atoms in total. The lowest BCUT2D eigenvalue weighted by Crippen LogP contribution is -2.48.